The Labute approximate surface area is 116 Å². The summed E-state index contributed by atoms with van der Waals surface area (Å²) in [6.07, 6.45) is 4.11. The SMILES string of the molecule is CCC(C)(C)C(=O)OC1C2CCC(C2)C1C(C)(C)O. The van der Waals surface area contributed by atoms with Crippen molar-refractivity contribution < 1.29 is 14.6 Å². The van der Waals surface area contributed by atoms with Gasteiger partial charge in [-0.15, -0.1) is 0 Å². The monoisotopic (exact) mass is 268 g/mol. The zero-order chi connectivity index (χ0) is 14.4. The van der Waals surface area contributed by atoms with Crippen molar-refractivity contribution in [3.63, 3.8) is 0 Å². The summed E-state index contributed by atoms with van der Waals surface area (Å²) in [5.41, 5.74) is -1.19. The van der Waals surface area contributed by atoms with Crippen molar-refractivity contribution in [1.82, 2.24) is 0 Å². The quantitative estimate of drug-likeness (QED) is 0.797. The average molecular weight is 268 g/mol. The molecule has 0 aromatic carbocycles. The minimum absolute atomic E-state index is 0.0860. The predicted molar refractivity (Wildman–Crippen MR) is 74.6 cm³/mol. The number of ether oxygens (including phenoxy) is 1. The molecular weight excluding hydrogens is 240 g/mol. The first kappa shape index (κ1) is 14.8. The third-order valence-electron chi connectivity index (χ3n) is 5.34. The second kappa shape index (κ2) is 4.76. The molecular formula is C16H28O3. The van der Waals surface area contributed by atoms with Crippen LogP contribution in [0.3, 0.4) is 0 Å². The fraction of sp³-hybridized carbons (Fsp3) is 0.938. The molecule has 4 unspecified atom stereocenters. The Kier molecular flexibility index (Phi) is 3.72. The molecule has 4 atom stereocenters. The Morgan fingerprint density at radius 3 is 2.32 bits per heavy atom. The molecule has 0 spiro atoms. The third kappa shape index (κ3) is 2.67. The lowest BCUT2D eigenvalue weighted by Gasteiger charge is -2.39. The molecule has 2 aliphatic carbocycles. The van der Waals surface area contributed by atoms with Gasteiger partial charge in [-0.2, -0.15) is 0 Å². The van der Waals surface area contributed by atoms with Gasteiger partial charge in [0.15, 0.2) is 0 Å². The normalized spacial score (nSPS) is 34.6. The van der Waals surface area contributed by atoms with Crippen molar-refractivity contribution in [2.24, 2.45) is 23.2 Å². The summed E-state index contributed by atoms with van der Waals surface area (Å²) in [4.78, 5) is 12.3. The van der Waals surface area contributed by atoms with Crippen molar-refractivity contribution in [3.8, 4) is 0 Å². The van der Waals surface area contributed by atoms with Crippen LogP contribution < -0.4 is 0 Å². The van der Waals surface area contributed by atoms with E-state index in [0.717, 1.165) is 19.3 Å². The van der Waals surface area contributed by atoms with Crippen LogP contribution in [0.5, 0.6) is 0 Å². The van der Waals surface area contributed by atoms with Gasteiger partial charge in [-0.1, -0.05) is 6.92 Å². The number of esters is 1. The van der Waals surface area contributed by atoms with E-state index in [2.05, 4.69) is 0 Å². The standard InChI is InChI=1S/C16H28O3/c1-6-15(2,3)14(17)19-13-11-8-7-10(9-11)12(13)16(4,5)18/h10-13,18H,6-9H2,1-5H3. The first-order valence-corrected chi connectivity index (χ1v) is 7.60. The lowest BCUT2D eigenvalue weighted by molar-refractivity contribution is -0.172. The zero-order valence-electron chi connectivity index (χ0n) is 12.9. The first-order valence-electron chi connectivity index (χ1n) is 7.60. The minimum atomic E-state index is -0.763. The summed E-state index contributed by atoms with van der Waals surface area (Å²) in [5.74, 6) is 0.968. The molecule has 0 aromatic heterocycles. The molecule has 2 fully saturated rings. The highest BCUT2D eigenvalue weighted by Crippen LogP contribution is 2.53. The van der Waals surface area contributed by atoms with Gasteiger partial charge < -0.3 is 9.84 Å². The van der Waals surface area contributed by atoms with Gasteiger partial charge in [0.25, 0.3) is 0 Å². The van der Waals surface area contributed by atoms with Gasteiger partial charge >= 0.3 is 5.97 Å². The second-order valence-electron chi connectivity index (χ2n) is 7.62. The van der Waals surface area contributed by atoms with E-state index in [1.54, 1.807) is 0 Å². The molecule has 0 aliphatic heterocycles. The van der Waals surface area contributed by atoms with Crippen LogP contribution in [0.2, 0.25) is 0 Å². The molecule has 3 heteroatoms. The van der Waals surface area contributed by atoms with Crippen LogP contribution in [-0.4, -0.2) is 22.8 Å². The fourth-order valence-electron chi connectivity index (χ4n) is 3.81. The van der Waals surface area contributed by atoms with Gasteiger partial charge in [-0.25, -0.2) is 0 Å². The van der Waals surface area contributed by atoms with Crippen LogP contribution in [0, 0.1) is 23.2 Å². The van der Waals surface area contributed by atoms with E-state index in [9.17, 15) is 9.90 Å². The summed E-state index contributed by atoms with van der Waals surface area (Å²) in [6.45, 7) is 9.58. The Balaban J connectivity index is 2.13. The van der Waals surface area contributed by atoms with E-state index in [-0.39, 0.29) is 18.0 Å². The molecule has 19 heavy (non-hydrogen) atoms. The smallest absolute Gasteiger partial charge is 0.311 e. The number of carbonyl (C=O) groups is 1. The van der Waals surface area contributed by atoms with Crippen molar-refractivity contribution >= 4 is 5.97 Å². The Morgan fingerprint density at radius 2 is 1.79 bits per heavy atom. The van der Waals surface area contributed by atoms with Crippen LogP contribution >= 0.6 is 0 Å². The highest BCUT2D eigenvalue weighted by atomic mass is 16.5. The summed E-state index contributed by atoms with van der Waals surface area (Å²) < 4.78 is 5.84. The predicted octanol–water partition coefficient (Wildman–Crippen LogP) is 3.15. The molecule has 1 N–H and O–H groups in total. The average Bonchev–Trinajstić information content (AvgIpc) is 2.87. The third-order valence-corrected chi connectivity index (χ3v) is 5.34. The molecule has 2 aliphatic rings. The van der Waals surface area contributed by atoms with Crippen molar-refractivity contribution in [3.05, 3.63) is 0 Å². The van der Waals surface area contributed by atoms with E-state index in [1.807, 2.05) is 34.6 Å². The van der Waals surface area contributed by atoms with Crippen LogP contribution in [0.1, 0.15) is 60.3 Å². The Morgan fingerprint density at radius 1 is 1.21 bits per heavy atom. The highest BCUT2D eigenvalue weighted by molar-refractivity contribution is 5.76. The van der Waals surface area contributed by atoms with Crippen molar-refractivity contribution in [2.45, 2.75) is 72.0 Å². The number of fused-ring (bicyclic) bond motifs is 2. The molecule has 3 nitrogen and oxygen atoms in total. The lowest BCUT2D eigenvalue weighted by Crippen LogP contribution is -2.46. The molecule has 110 valence electrons. The Bertz CT molecular complexity index is 353. The first-order chi connectivity index (χ1) is 8.66. The fourth-order valence-corrected chi connectivity index (χ4v) is 3.81. The van der Waals surface area contributed by atoms with Crippen LogP contribution in [0.25, 0.3) is 0 Å². The molecule has 0 amide bonds. The largest absolute Gasteiger partial charge is 0.461 e. The van der Waals surface area contributed by atoms with Gasteiger partial charge in [0.2, 0.25) is 0 Å². The number of rotatable bonds is 4. The molecule has 0 radical (unpaired) electrons. The molecule has 2 rings (SSSR count). The van der Waals surface area contributed by atoms with E-state index < -0.39 is 11.0 Å². The van der Waals surface area contributed by atoms with Gasteiger partial charge in [0.05, 0.1) is 11.0 Å². The topological polar surface area (TPSA) is 46.5 Å². The van der Waals surface area contributed by atoms with Crippen LogP contribution in [0.15, 0.2) is 0 Å². The van der Waals surface area contributed by atoms with E-state index in [0.29, 0.717) is 11.8 Å². The number of hydrogen-bond acceptors (Lipinski definition) is 3. The maximum atomic E-state index is 12.3. The zero-order valence-corrected chi connectivity index (χ0v) is 12.9. The Hall–Kier alpha value is -0.570. The van der Waals surface area contributed by atoms with Crippen LogP contribution in [-0.2, 0) is 9.53 Å². The lowest BCUT2D eigenvalue weighted by atomic mass is 9.76. The molecule has 0 aromatic rings. The second-order valence-corrected chi connectivity index (χ2v) is 7.62. The molecule has 0 heterocycles. The van der Waals surface area contributed by atoms with Gasteiger partial charge in [-0.3, -0.25) is 4.79 Å². The van der Waals surface area contributed by atoms with E-state index in [4.69, 9.17) is 4.74 Å². The minimum Gasteiger partial charge on any atom is -0.461 e. The summed E-state index contributed by atoms with van der Waals surface area (Å²) in [6, 6.07) is 0. The van der Waals surface area contributed by atoms with Gasteiger partial charge in [-0.05, 0) is 65.2 Å². The summed E-state index contributed by atoms with van der Waals surface area (Å²) in [7, 11) is 0. The van der Waals surface area contributed by atoms with E-state index in [1.165, 1.54) is 6.42 Å². The number of aliphatic hydroxyl groups is 1. The summed E-state index contributed by atoms with van der Waals surface area (Å²) in [5, 5.41) is 10.4. The number of carbonyl (C=O) groups excluding carboxylic acids is 1. The summed E-state index contributed by atoms with van der Waals surface area (Å²) >= 11 is 0. The molecule has 2 bridgehead atoms. The van der Waals surface area contributed by atoms with Crippen molar-refractivity contribution in [2.75, 3.05) is 0 Å². The molecule has 2 saturated carbocycles. The van der Waals surface area contributed by atoms with E-state index >= 15 is 0 Å². The maximum Gasteiger partial charge on any atom is 0.311 e. The maximum absolute atomic E-state index is 12.3. The van der Waals surface area contributed by atoms with Crippen molar-refractivity contribution in [1.29, 1.82) is 0 Å². The number of hydrogen-bond donors (Lipinski definition) is 1. The molecule has 0 saturated heterocycles. The highest BCUT2D eigenvalue weighted by Gasteiger charge is 2.55. The van der Waals surface area contributed by atoms with Gasteiger partial charge in [0.1, 0.15) is 6.10 Å². The van der Waals surface area contributed by atoms with Crippen LogP contribution in [0.4, 0.5) is 0 Å². The van der Waals surface area contributed by atoms with Gasteiger partial charge in [0, 0.05) is 5.92 Å².